The van der Waals surface area contributed by atoms with E-state index in [9.17, 15) is 14.0 Å². The summed E-state index contributed by atoms with van der Waals surface area (Å²) in [5.41, 5.74) is 7.20. The third kappa shape index (κ3) is 3.85. The zero-order valence-corrected chi connectivity index (χ0v) is 16.1. The molecular weight excluding hydrogens is 359 g/mol. The summed E-state index contributed by atoms with van der Waals surface area (Å²) in [6.45, 7) is 3.10. The molecule has 2 amide bonds. The first-order valence-electron chi connectivity index (χ1n) is 10.3. The van der Waals surface area contributed by atoms with Gasteiger partial charge in [0.05, 0.1) is 5.92 Å². The summed E-state index contributed by atoms with van der Waals surface area (Å²) in [6.07, 6.45) is 3.65. The van der Waals surface area contributed by atoms with Gasteiger partial charge in [-0.15, -0.1) is 0 Å². The van der Waals surface area contributed by atoms with Crippen LogP contribution in [-0.2, 0) is 9.59 Å². The van der Waals surface area contributed by atoms with Crippen LogP contribution < -0.4 is 16.0 Å². The van der Waals surface area contributed by atoms with Gasteiger partial charge in [0.15, 0.2) is 0 Å². The molecule has 152 valence electrons. The number of nitrogens with two attached hydrogens (primary N) is 1. The number of hydrogen-bond donors (Lipinski definition) is 2. The molecule has 2 saturated carbocycles. The first-order chi connectivity index (χ1) is 13.5. The van der Waals surface area contributed by atoms with Crippen molar-refractivity contribution in [3.63, 3.8) is 0 Å². The molecule has 6 nitrogen and oxygen atoms in total. The van der Waals surface area contributed by atoms with Gasteiger partial charge in [0.1, 0.15) is 5.82 Å². The highest BCUT2D eigenvalue weighted by atomic mass is 19.1. The van der Waals surface area contributed by atoms with Gasteiger partial charge in [0.2, 0.25) is 11.8 Å². The van der Waals surface area contributed by atoms with Crippen LogP contribution in [0.3, 0.4) is 0 Å². The number of nitrogens with zero attached hydrogens (tertiary/aromatic N) is 2. The fourth-order valence-corrected chi connectivity index (χ4v) is 5.16. The molecule has 2 bridgehead atoms. The summed E-state index contributed by atoms with van der Waals surface area (Å²) in [6, 6.07) is 6.43. The van der Waals surface area contributed by atoms with Gasteiger partial charge in [-0.2, -0.15) is 0 Å². The summed E-state index contributed by atoms with van der Waals surface area (Å²) in [7, 11) is 0. The molecule has 1 aromatic rings. The van der Waals surface area contributed by atoms with E-state index in [0.717, 1.165) is 38.0 Å². The van der Waals surface area contributed by atoms with Crippen LogP contribution in [0, 0.1) is 23.6 Å². The van der Waals surface area contributed by atoms with Crippen molar-refractivity contribution in [3.05, 3.63) is 30.1 Å². The normalized spacial score (nSPS) is 29.2. The number of carbonyl (C=O) groups is 2. The molecule has 7 heteroatoms. The van der Waals surface area contributed by atoms with Crippen molar-refractivity contribution in [3.8, 4) is 0 Å². The lowest BCUT2D eigenvalue weighted by molar-refractivity contribution is -0.131. The van der Waals surface area contributed by atoms with Crippen LogP contribution in [0.25, 0.3) is 0 Å². The molecule has 1 aromatic carbocycles. The summed E-state index contributed by atoms with van der Waals surface area (Å²) in [4.78, 5) is 28.9. The standard InChI is InChI=1S/C21H29FN4O2/c22-16-3-5-17(6-4-16)25-9-11-26(12-10-25)18(27)7-8-24-21(28)19-14-1-2-15(13-14)20(19)23/h3-6,14-15,19-20H,1-2,7-13,23H2,(H,24,28). The van der Waals surface area contributed by atoms with Crippen molar-refractivity contribution < 1.29 is 14.0 Å². The SMILES string of the molecule is NC1C2CCC(C2)C1C(=O)NCCC(=O)N1CCN(c2ccc(F)cc2)CC1. The van der Waals surface area contributed by atoms with Crippen LogP contribution in [0.2, 0.25) is 0 Å². The number of halogens is 1. The van der Waals surface area contributed by atoms with Gasteiger partial charge in [0, 0.05) is 50.9 Å². The number of nitrogens with one attached hydrogen (secondary N) is 1. The van der Waals surface area contributed by atoms with Gasteiger partial charge in [-0.1, -0.05) is 0 Å². The Hall–Kier alpha value is -2.15. The topological polar surface area (TPSA) is 78.7 Å². The van der Waals surface area contributed by atoms with E-state index in [-0.39, 0.29) is 29.6 Å². The molecule has 3 N–H and O–H groups in total. The summed E-state index contributed by atoms with van der Waals surface area (Å²) in [5, 5.41) is 2.94. The van der Waals surface area contributed by atoms with Gasteiger partial charge in [0.25, 0.3) is 0 Å². The van der Waals surface area contributed by atoms with E-state index in [2.05, 4.69) is 10.2 Å². The van der Waals surface area contributed by atoms with Crippen molar-refractivity contribution in [1.29, 1.82) is 0 Å². The second-order valence-electron chi connectivity index (χ2n) is 8.32. The highest BCUT2D eigenvalue weighted by Gasteiger charge is 2.48. The van der Waals surface area contributed by atoms with E-state index in [1.54, 1.807) is 12.1 Å². The van der Waals surface area contributed by atoms with Crippen molar-refractivity contribution >= 4 is 17.5 Å². The molecule has 1 saturated heterocycles. The van der Waals surface area contributed by atoms with Gasteiger partial charge < -0.3 is 20.9 Å². The Balaban J connectivity index is 1.19. The number of amides is 2. The second-order valence-corrected chi connectivity index (χ2v) is 8.32. The minimum absolute atomic E-state index is 0.0195. The zero-order valence-electron chi connectivity index (χ0n) is 16.1. The van der Waals surface area contributed by atoms with Crippen LogP contribution in [0.15, 0.2) is 24.3 Å². The molecular formula is C21H29FN4O2. The molecule has 2 aliphatic carbocycles. The maximum atomic E-state index is 13.1. The zero-order chi connectivity index (χ0) is 19.7. The van der Waals surface area contributed by atoms with Crippen LogP contribution in [-0.4, -0.2) is 55.5 Å². The highest BCUT2D eigenvalue weighted by molar-refractivity contribution is 5.82. The Labute approximate surface area is 165 Å². The number of carbonyl (C=O) groups excluding carboxylic acids is 2. The van der Waals surface area contributed by atoms with Crippen molar-refractivity contribution in [1.82, 2.24) is 10.2 Å². The molecule has 3 fully saturated rings. The molecule has 28 heavy (non-hydrogen) atoms. The van der Waals surface area contributed by atoms with Gasteiger partial charge >= 0.3 is 0 Å². The number of hydrogen-bond acceptors (Lipinski definition) is 4. The van der Waals surface area contributed by atoms with Crippen LogP contribution >= 0.6 is 0 Å². The lowest BCUT2D eigenvalue weighted by Gasteiger charge is -2.36. The van der Waals surface area contributed by atoms with Crippen molar-refractivity contribution in [2.75, 3.05) is 37.6 Å². The predicted molar refractivity (Wildman–Crippen MR) is 105 cm³/mol. The highest BCUT2D eigenvalue weighted by Crippen LogP contribution is 2.47. The van der Waals surface area contributed by atoms with Crippen molar-refractivity contribution in [2.24, 2.45) is 23.5 Å². The number of fused-ring (bicyclic) bond motifs is 2. The molecule has 0 spiro atoms. The lowest BCUT2D eigenvalue weighted by Crippen LogP contribution is -2.50. The number of benzene rings is 1. The average molecular weight is 388 g/mol. The molecule has 4 unspecified atom stereocenters. The fraction of sp³-hybridized carbons (Fsp3) is 0.619. The third-order valence-corrected chi connectivity index (χ3v) is 6.75. The van der Waals surface area contributed by atoms with Crippen LogP contribution in [0.5, 0.6) is 0 Å². The van der Waals surface area contributed by atoms with E-state index >= 15 is 0 Å². The maximum absolute atomic E-state index is 13.1. The Morgan fingerprint density at radius 3 is 2.39 bits per heavy atom. The quantitative estimate of drug-likeness (QED) is 0.798. The molecule has 0 aromatic heterocycles. The number of anilines is 1. The largest absolute Gasteiger partial charge is 0.368 e. The smallest absolute Gasteiger partial charge is 0.224 e. The first kappa shape index (κ1) is 19.2. The average Bonchev–Trinajstić information content (AvgIpc) is 3.30. The van der Waals surface area contributed by atoms with Crippen LogP contribution in [0.1, 0.15) is 25.7 Å². The second kappa shape index (κ2) is 8.07. The fourth-order valence-electron chi connectivity index (χ4n) is 5.16. The van der Waals surface area contributed by atoms with Crippen molar-refractivity contribution in [2.45, 2.75) is 31.7 Å². The number of piperazine rings is 1. The summed E-state index contributed by atoms with van der Waals surface area (Å²) in [5.74, 6) is 0.694. The predicted octanol–water partition coefficient (Wildman–Crippen LogP) is 1.35. The lowest BCUT2D eigenvalue weighted by atomic mass is 9.84. The minimum atomic E-state index is -0.244. The molecule has 1 aliphatic heterocycles. The molecule has 0 radical (unpaired) electrons. The van der Waals surface area contributed by atoms with Crippen LogP contribution in [0.4, 0.5) is 10.1 Å². The molecule has 4 rings (SSSR count). The van der Waals surface area contributed by atoms with E-state index in [1.807, 2.05) is 4.90 Å². The molecule has 4 atom stereocenters. The van der Waals surface area contributed by atoms with Gasteiger partial charge in [-0.25, -0.2) is 4.39 Å². The Morgan fingerprint density at radius 1 is 1.07 bits per heavy atom. The monoisotopic (exact) mass is 388 g/mol. The Bertz CT molecular complexity index is 716. The first-order valence-corrected chi connectivity index (χ1v) is 10.3. The number of rotatable bonds is 5. The van der Waals surface area contributed by atoms with Gasteiger partial charge in [-0.3, -0.25) is 9.59 Å². The Kier molecular flexibility index (Phi) is 5.53. The summed E-state index contributed by atoms with van der Waals surface area (Å²) < 4.78 is 13.1. The molecule has 3 aliphatic rings. The van der Waals surface area contributed by atoms with Gasteiger partial charge in [-0.05, 0) is 55.4 Å². The molecule has 1 heterocycles. The summed E-state index contributed by atoms with van der Waals surface area (Å²) >= 11 is 0. The van der Waals surface area contributed by atoms with E-state index < -0.39 is 0 Å². The third-order valence-electron chi connectivity index (χ3n) is 6.75. The van der Waals surface area contributed by atoms with E-state index in [1.165, 1.54) is 12.1 Å². The Morgan fingerprint density at radius 2 is 1.75 bits per heavy atom. The van der Waals surface area contributed by atoms with E-state index in [0.29, 0.717) is 37.9 Å². The van der Waals surface area contributed by atoms with E-state index in [4.69, 9.17) is 5.73 Å². The minimum Gasteiger partial charge on any atom is -0.368 e. The maximum Gasteiger partial charge on any atom is 0.224 e.